The number of rotatable bonds is 1. The Morgan fingerprint density at radius 3 is 2.81 bits per heavy atom. The van der Waals surface area contributed by atoms with E-state index >= 15 is 0 Å². The summed E-state index contributed by atoms with van der Waals surface area (Å²) >= 11 is 0. The number of nitrogens with zero attached hydrogens (tertiary/aromatic N) is 4. The molecule has 0 saturated heterocycles. The number of nitrogens with one attached hydrogen (secondary N) is 1. The smallest absolute Gasteiger partial charge is 0.0955 e. The summed E-state index contributed by atoms with van der Waals surface area (Å²) in [4.78, 5) is 9.66. The van der Waals surface area contributed by atoms with Crippen molar-refractivity contribution in [2.45, 2.75) is 25.7 Å². The molecule has 0 saturated carbocycles. The highest BCUT2D eigenvalue weighted by molar-refractivity contribution is 6.07. The molecule has 6 rings (SSSR count). The van der Waals surface area contributed by atoms with E-state index in [4.69, 9.17) is 4.98 Å². The van der Waals surface area contributed by atoms with Gasteiger partial charge < -0.3 is 4.57 Å². The highest BCUT2D eigenvalue weighted by Crippen LogP contribution is 2.38. The maximum absolute atomic E-state index is 5.13. The molecule has 5 heteroatoms. The maximum Gasteiger partial charge on any atom is 0.0955 e. The number of aromatic nitrogens is 5. The second-order valence-corrected chi connectivity index (χ2v) is 7.47. The zero-order valence-electron chi connectivity index (χ0n) is 15.2. The molecule has 1 N–H and O–H groups in total. The summed E-state index contributed by atoms with van der Waals surface area (Å²) < 4.78 is 2.05. The Labute approximate surface area is 156 Å². The molecule has 0 unspecified atom stereocenters. The zero-order valence-corrected chi connectivity index (χ0v) is 15.2. The average Bonchev–Trinajstić information content (AvgIpc) is 3.33. The van der Waals surface area contributed by atoms with Gasteiger partial charge in [-0.2, -0.15) is 5.10 Å². The number of aromatic amines is 1. The van der Waals surface area contributed by atoms with Crippen molar-refractivity contribution in [1.29, 1.82) is 0 Å². The van der Waals surface area contributed by atoms with Gasteiger partial charge in [0, 0.05) is 23.4 Å². The van der Waals surface area contributed by atoms with E-state index in [1.165, 1.54) is 34.7 Å². The first-order valence-corrected chi connectivity index (χ1v) is 9.48. The Morgan fingerprint density at radius 1 is 1.00 bits per heavy atom. The highest BCUT2D eigenvalue weighted by Gasteiger charge is 2.21. The lowest BCUT2D eigenvalue weighted by Crippen LogP contribution is -2.07. The van der Waals surface area contributed by atoms with Crippen LogP contribution >= 0.6 is 0 Å². The minimum atomic E-state index is 1.02. The van der Waals surface area contributed by atoms with Crippen molar-refractivity contribution in [3.05, 3.63) is 54.0 Å². The lowest BCUT2D eigenvalue weighted by atomic mass is 9.85. The topological polar surface area (TPSA) is 59.4 Å². The summed E-state index contributed by atoms with van der Waals surface area (Å²) in [7, 11) is 2.03. The van der Waals surface area contributed by atoms with E-state index in [0.29, 0.717) is 0 Å². The molecular formula is C22H19N5. The fraction of sp³-hybridized carbons (Fsp3) is 0.227. The number of H-pyrrole nitrogens is 1. The van der Waals surface area contributed by atoms with Gasteiger partial charge in [-0.3, -0.25) is 5.10 Å². The van der Waals surface area contributed by atoms with Gasteiger partial charge in [-0.25, -0.2) is 9.97 Å². The van der Waals surface area contributed by atoms with E-state index in [9.17, 15) is 0 Å². The first kappa shape index (κ1) is 14.9. The van der Waals surface area contributed by atoms with Gasteiger partial charge in [0.1, 0.15) is 0 Å². The molecule has 5 nitrogen and oxygen atoms in total. The van der Waals surface area contributed by atoms with E-state index in [0.717, 1.165) is 46.2 Å². The molecule has 27 heavy (non-hydrogen) atoms. The third-order valence-corrected chi connectivity index (χ3v) is 5.89. The van der Waals surface area contributed by atoms with Crippen molar-refractivity contribution in [1.82, 2.24) is 24.7 Å². The number of benzene rings is 2. The Morgan fingerprint density at radius 2 is 1.89 bits per heavy atom. The fourth-order valence-electron chi connectivity index (χ4n) is 4.57. The lowest BCUT2D eigenvalue weighted by Gasteiger charge is -2.21. The van der Waals surface area contributed by atoms with Crippen LogP contribution in [0.15, 0.2) is 42.9 Å². The Bertz CT molecular complexity index is 1340. The molecule has 5 aromatic rings. The molecule has 0 radical (unpaired) electrons. The van der Waals surface area contributed by atoms with Gasteiger partial charge in [-0.15, -0.1) is 0 Å². The molecule has 0 spiro atoms. The molecule has 0 fully saturated rings. The first-order chi connectivity index (χ1) is 13.3. The molecule has 0 amide bonds. The number of imidazole rings is 1. The predicted molar refractivity (Wildman–Crippen MR) is 108 cm³/mol. The average molecular weight is 353 g/mol. The Kier molecular flexibility index (Phi) is 2.98. The van der Waals surface area contributed by atoms with Crippen molar-refractivity contribution in [2.75, 3.05) is 0 Å². The number of aryl methyl sites for hydroxylation is 2. The number of fused-ring (bicyclic) bond motifs is 6. The van der Waals surface area contributed by atoms with E-state index < -0.39 is 0 Å². The van der Waals surface area contributed by atoms with Crippen molar-refractivity contribution in [3.8, 4) is 11.3 Å². The highest BCUT2D eigenvalue weighted by atomic mass is 15.1. The molecule has 132 valence electrons. The van der Waals surface area contributed by atoms with Crippen LogP contribution in [-0.2, 0) is 19.9 Å². The van der Waals surface area contributed by atoms with Gasteiger partial charge in [0.05, 0.1) is 40.3 Å². The van der Waals surface area contributed by atoms with Crippen LogP contribution < -0.4 is 0 Å². The Hall–Kier alpha value is -3.21. The van der Waals surface area contributed by atoms with Crippen LogP contribution in [0.4, 0.5) is 0 Å². The molecule has 0 aliphatic heterocycles. The van der Waals surface area contributed by atoms with Crippen LogP contribution in [-0.4, -0.2) is 24.7 Å². The van der Waals surface area contributed by atoms with E-state index in [2.05, 4.69) is 50.1 Å². The molecule has 0 bridgehead atoms. The van der Waals surface area contributed by atoms with Crippen molar-refractivity contribution < 1.29 is 0 Å². The van der Waals surface area contributed by atoms with Crippen LogP contribution in [0.3, 0.4) is 0 Å². The van der Waals surface area contributed by atoms with Gasteiger partial charge in [0.2, 0.25) is 0 Å². The standard InChI is InChI=1S/C22H19N5/c1-27-12-23-19-10-13(6-9-20(19)27)22-15-5-3-2-4-14(15)21-16-11-24-26-17(16)7-8-18(21)25-22/h6-12H,2-5H2,1H3,(H,24,26). The second-order valence-electron chi connectivity index (χ2n) is 7.47. The van der Waals surface area contributed by atoms with Crippen molar-refractivity contribution in [2.24, 2.45) is 7.05 Å². The normalized spacial score (nSPS) is 14.3. The Balaban J connectivity index is 1.69. The van der Waals surface area contributed by atoms with Crippen LogP contribution in [0.1, 0.15) is 24.0 Å². The van der Waals surface area contributed by atoms with Crippen LogP contribution in [0.25, 0.3) is 44.1 Å². The quantitative estimate of drug-likeness (QED) is 0.481. The molecule has 1 aliphatic carbocycles. The largest absolute Gasteiger partial charge is 0.334 e. The van der Waals surface area contributed by atoms with E-state index in [1.54, 1.807) is 0 Å². The third kappa shape index (κ3) is 2.08. The lowest BCUT2D eigenvalue weighted by molar-refractivity contribution is 0.689. The molecule has 2 aromatic carbocycles. The number of pyridine rings is 1. The van der Waals surface area contributed by atoms with Gasteiger partial charge in [-0.05, 0) is 61.1 Å². The zero-order chi connectivity index (χ0) is 18.0. The minimum absolute atomic E-state index is 1.02. The fourth-order valence-corrected chi connectivity index (χ4v) is 4.57. The van der Waals surface area contributed by atoms with Gasteiger partial charge in [-0.1, -0.05) is 6.07 Å². The van der Waals surface area contributed by atoms with Crippen LogP contribution in [0, 0.1) is 0 Å². The minimum Gasteiger partial charge on any atom is -0.334 e. The molecular weight excluding hydrogens is 334 g/mol. The van der Waals surface area contributed by atoms with Gasteiger partial charge in [0.25, 0.3) is 0 Å². The van der Waals surface area contributed by atoms with Crippen molar-refractivity contribution in [3.63, 3.8) is 0 Å². The number of hydrogen-bond acceptors (Lipinski definition) is 3. The maximum atomic E-state index is 5.13. The monoisotopic (exact) mass is 353 g/mol. The van der Waals surface area contributed by atoms with E-state index in [-0.39, 0.29) is 0 Å². The summed E-state index contributed by atoms with van der Waals surface area (Å²) in [6.45, 7) is 0. The first-order valence-electron chi connectivity index (χ1n) is 9.48. The van der Waals surface area contributed by atoms with Gasteiger partial charge >= 0.3 is 0 Å². The van der Waals surface area contributed by atoms with Crippen LogP contribution in [0.5, 0.6) is 0 Å². The van der Waals surface area contributed by atoms with Gasteiger partial charge in [0.15, 0.2) is 0 Å². The number of hydrogen-bond donors (Lipinski definition) is 1. The third-order valence-electron chi connectivity index (χ3n) is 5.89. The molecule has 3 aromatic heterocycles. The summed E-state index contributed by atoms with van der Waals surface area (Å²) in [5.74, 6) is 0. The van der Waals surface area contributed by atoms with E-state index in [1.807, 2.05) is 19.6 Å². The summed E-state index contributed by atoms with van der Waals surface area (Å²) in [6, 6.07) is 10.7. The van der Waals surface area contributed by atoms with Crippen LogP contribution in [0.2, 0.25) is 0 Å². The molecule has 1 aliphatic rings. The SMILES string of the molecule is Cn1cnc2cc(-c3nc4ccc5[nH]ncc5c4c4c3CCCC4)ccc21. The second kappa shape index (κ2) is 5.39. The summed E-state index contributed by atoms with van der Waals surface area (Å²) in [6.07, 6.45) is 8.46. The summed E-state index contributed by atoms with van der Waals surface area (Å²) in [5, 5.41) is 9.81. The summed E-state index contributed by atoms with van der Waals surface area (Å²) in [5.41, 5.74) is 9.44. The predicted octanol–water partition coefficient (Wildman–Crippen LogP) is 4.54. The van der Waals surface area contributed by atoms with Crippen molar-refractivity contribution >= 4 is 32.8 Å². The molecule has 3 heterocycles. The molecule has 0 atom stereocenters.